The number of hydrogen-bond donors (Lipinski definition) is 1. The van der Waals surface area contributed by atoms with E-state index in [9.17, 15) is 0 Å². The lowest BCUT2D eigenvalue weighted by Crippen LogP contribution is -2.17. The van der Waals surface area contributed by atoms with Crippen LogP contribution in [0.1, 0.15) is 44.6 Å². The van der Waals surface area contributed by atoms with Crippen LogP contribution in [-0.2, 0) is 6.54 Å². The van der Waals surface area contributed by atoms with Crippen molar-refractivity contribution < 1.29 is 4.74 Å². The van der Waals surface area contributed by atoms with E-state index in [1.54, 1.807) is 0 Å². The molecule has 0 atom stereocenters. The molecule has 1 saturated carbocycles. The van der Waals surface area contributed by atoms with Crippen molar-refractivity contribution in [3.05, 3.63) is 28.8 Å². The maximum Gasteiger partial charge on any atom is 0.125 e. The molecule has 0 aliphatic heterocycles. The minimum Gasteiger partial charge on any atom is -0.493 e. The first-order valence-electron chi connectivity index (χ1n) is 7.42. The zero-order chi connectivity index (χ0) is 13.5. The van der Waals surface area contributed by atoms with E-state index < -0.39 is 0 Å². The average Bonchev–Trinajstić information content (AvgIpc) is 2.45. The number of rotatable bonds is 6. The van der Waals surface area contributed by atoms with E-state index in [0.29, 0.717) is 0 Å². The smallest absolute Gasteiger partial charge is 0.125 e. The van der Waals surface area contributed by atoms with Crippen molar-refractivity contribution in [3.8, 4) is 5.75 Å². The fourth-order valence-corrected chi connectivity index (χ4v) is 2.89. The highest BCUT2D eigenvalue weighted by Gasteiger charge is 2.15. The van der Waals surface area contributed by atoms with Crippen LogP contribution >= 0.6 is 11.6 Å². The normalized spacial score (nSPS) is 16.5. The molecule has 1 N–H and O–H groups in total. The molecule has 1 aromatic rings. The summed E-state index contributed by atoms with van der Waals surface area (Å²) < 4.78 is 6.03. The summed E-state index contributed by atoms with van der Waals surface area (Å²) in [6.45, 7) is 4.64. The molecule has 0 saturated heterocycles. The fraction of sp³-hybridized carbons (Fsp3) is 0.625. The van der Waals surface area contributed by atoms with E-state index >= 15 is 0 Å². The molecule has 1 aromatic carbocycles. The molecule has 1 aliphatic rings. The maximum atomic E-state index is 6.27. The molecule has 0 bridgehead atoms. The summed E-state index contributed by atoms with van der Waals surface area (Å²) in [5.41, 5.74) is 1.09. The first-order valence-corrected chi connectivity index (χ1v) is 7.80. The molecule has 0 spiro atoms. The van der Waals surface area contributed by atoms with Gasteiger partial charge in [0.15, 0.2) is 0 Å². The second-order valence-corrected chi connectivity index (χ2v) is 5.72. The summed E-state index contributed by atoms with van der Waals surface area (Å²) >= 11 is 6.27. The molecule has 3 heteroatoms. The molecule has 0 unspecified atom stereocenters. The number of ether oxygens (including phenoxy) is 1. The van der Waals surface area contributed by atoms with Gasteiger partial charge in [0, 0.05) is 17.1 Å². The highest BCUT2D eigenvalue weighted by Crippen LogP contribution is 2.29. The van der Waals surface area contributed by atoms with Gasteiger partial charge in [-0.1, -0.05) is 43.9 Å². The minimum atomic E-state index is 0.722. The van der Waals surface area contributed by atoms with Gasteiger partial charge in [-0.25, -0.2) is 0 Å². The molecule has 0 heterocycles. The predicted molar refractivity (Wildman–Crippen MR) is 80.9 cm³/mol. The SMILES string of the molecule is CCNCc1c(Cl)cccc1OCC1CCCCC1. The van der Waals surface area contributed by atoms with Crippen LogP contribution in [0.3, 0.4) is 0 Å². The van der Waals surface area contributed by atoms with Gasteiger partial charge in [-0.2, -0.15) is 0 Å². The van der Waals surface area contributed by atoms with Crippen LogP contribution in [0.25, 0.3) is 0 Å². The Labute approximate surface area is 121 Å². The second kappa shape index (κ2) is 7.76. The van der Waals surface area contributed by atoms with Crippen molar-refractivity contribution in [1.82, 2.24) is 5.32 Å². The van der Waals surface area contributed by atoms with Gasteiger partial charge in [0.25, 0.3) is 0 Å². The van der Waals surface area contributed by atoms with Gasteiger partial charge in [0.1, 0.15) is 5.75 Å². The standard InChI is InChI=1S/C16H24ClNO/c1-2-18-11-14-15(17)9-6-10-16(14)19-12-13-7-4-3-5-8-13/h6,9-10,13,18H,2-5,7-8,11-12H2,1H3. The minimum absolute atomic E-state index is 0.722. The predicted octanol–water partition coefficient (Wildman–Crippen LogP) is 4.41. The highest BCUT2D eigenvalue weighted by molar-refractivity contribution is 6.31. The third-order valence-electron chi connectivity index (χ3n) is 3.83. The topological polar surface area (TPSA) is 21.3 Å². The molecule has 1 fully saturated rings. The molecule has 0 radical (unpaired) electrons. The lowest BCUT2D eigenvalue weighted by atomic mass is 9.90. The van der Waals surface area contributed by atoms with Crippen LogP contribution in [0.2, 0.25) is 5.02 Å². The molecule has 106 valence electrons. The van der Waals surface area contributed by atoms with Crippen molar-refractivity contribution in [3.63, 3.8) is 0 Å². The van der Waals surface area contributed by atoms with E-state index in [-0.39, 0.29) is 0 Å². The van der Waals surface area contributed by atoms with Crippen LogP contribution < -0.4 is 10.1 Å². The van der Waals surface area contributed by atoms with Crippen molar-refractivity contribution in [2.45, 2.75) is 45.6 Å². The first kappa shape index (κ1) is 14.7. The van der Waals surface area contributed by atoms with E-state index in [0.717, 1.165) is 41.9 Å². The van der Waals surface area contributed by atoms with Gasteiger partial charge in [0.2, 0.25) is 0 Å². The summed E-state index contributed by atoms with van der Waals surface area (Å²) in [4.78, 5) is 0. The molecular weight excluding hydrogens is 258 g/mol. The Morgan fingerprint density at radius 2 is 2.05 bits per heavy atom. The Kier molecular flexibility index (Phi) is 5.99. The Bertz CT molecular complexity index is 388. The van der Waals surface area contributed by atoms with E-state index in [4.69, 9.17) is 16.3 Å². The van der Waals surface area contributed by atoms with Crippen LogP contribution in [0.5, 0.6) is 5.75 Å². The first-order chi connectivity index (χ1) is 9.31. The summed E-state index contributed by atoms with van der Waals surface area (Å²) in [6.07, 6.45) is 6.72. The van der Waals surface area contributed by atoms with Crippen LogP contribution in [-0.4, -0.2) is 13.2 Å². The van der Waals surface area contributed by atoms with Crippen molar-refractivity contribution >= 4 is 11.6 Å². The molecule has 1 aliphatic carbocycles. The monoisotopic (exact) mass is 281 g/mol. The lowest BCUT2D eigenvalue weighted by Gasteiger charge is -2.22. The van der Waals surface area contributed by atoms with Gasteiger partial charge < -0.3 is 10.1 Å². The van der Waals surface area contributed by atoms with Crippen molar-refractivity contribution in [1.29, 1.82) is 0 Å². The molecule has 2 nitrogen and oxygen atoms in total. The average molecular weight is 282 g/mol. The molecule has 0 amide bonds. The summed E-state index contributed by atoms with van der Waals surface area (Å²) in [6, 6.07) is 5.93. The summed E-state index contributed by atoms with van der Waals surface area (Å²) in [5, 5.41) is 4.11. The molecular formula is C16H24ClNO. The quantitative estimate of drug-likeness (QED) is 0.834. The zero-order valence-corrected chi connectivity index (χ0v) is 12.5. The largest absolute Gasteiger partial charge is 0.493 e. The summed E-state index contributed by atoms with van der Waals surface area (Å²) in [5.74, 6) is 1.67. The van der Waals surface area contributed by atoms with E-state index in [1.807, 2.05) is 18.2 Å². The van der Waals surface area contributed by atoms with Gasteiger partial charge in [-0.3, -0.25) is 0 Å². The van der Waals surface area contributed by atoms with Crippen LogP contribution in [0.4, 0.5) is 0 Å². The van der Waals surface area contributed by atoms with Gasteiger partial charge in [-0.05, 0) is 37.4 Å². The number of halogens is 1. The highest BCUT2D eigenvalue weighted by atomic mass is 35.5. The van der Waals surface area contributed by atoms with Gasteiger partial charge in [-0.15, -0.1) is 0 Å². The number of benzene rings is 1. The third-order valence-corrected chi connectivity index (χ3v) is 4.18. The Morgan fingerprint density at radius 1 is 1.26 bits per heavy atom. The van der Waals surface area contributed by atoms with Gasteiger partial charge in [0.05, 0.1) is 6.61 Å². The molecule has 19 heavy (non-hydrogen) atoms. The lowest BCUT2D eigenvalue weighted by molar-refractivity contribution is 0.207. The number of nitrogens with one attached hydrogen (secondary N) is 1. The fourth-order valence-electron chi connectivity index (χ4n) is 2.66. The van der Waals surface area contributed by atoms with Crippen LogP contribution in [0.15, 0.2) is 18.2 Å². The number of hydrogen-bond acceptors (Lipinski definition) is 2. The maximum absolute atomic E-state index is 6.27. The molecule has 2 rings (SSSR count). The Morgan fingerprint density at radius 3 is 2.79 bits per heavy atom. The van der Waals surface area contributed by atoms with Crippen LogP contribution in [0, 0.1) is 5.92 Å². The zero-order valence-electron chi connectivity index (χ0n) is 11.8. The van der Waals surface area contributed by atoms with E-state index in [2.05, 4.69) is 12.2 Å². The van der Waals surface area contributed by atoms with E-state index in [1.165, 1.54) is 32.1 Å². The Hall–Kier alpha value is -0.730. The van der Waals surface area contributed by atoms with Crippen molar-refractivity contribution in [2.75, 3.05) is 13.2 Å². The van der Waals surface area contributed by atoms with Crippen molar-refractivity contribution in [2.24, 2.45) is 5.92 Å². The van der Waals surface area contributed by atoms with Gasteiger partial charge >= 0.3 is 0 Å². The third kappa shape index (κ3) is 4.39. The summed E-state index contributed by atoms with van der Waals surface area (Å²) in [7, 11) is 0. The Balaban J connectivity index is 1.96. The second-order valence-electron chi connectivity index (χ2n) is 5.31. The molecule has 0 aromatic heterocycles.